The van der Waals surface area contributed by atoms with Gasteiger partial charge in [-0.25, -0.2) is 4.98 Å². The Hall–Kier alpha value is -2.11. The summed E-state index contributed by atoms with van der Waals surface area (Å²) < 4.78 is 0. The highest BCUT2D eigenvalue weighted by Crippen LogP contribution is 2.34. The summed E-state index contributed by atoms with van der Waals surface area (Å²) in [5.74, 6) is -0.141. The standard InChI is InChI=1S/C18H18ClN3OS/c1-3-10(2)21-17(23)16-15(20)13-8-9-14(22-18(13)24-16)11-4-6-12(19)7-5-11/h4-10H,3,20H2,1-2H3,(H,21,23). The molecule has 0 aliphatic carbocycles. The SMILES string of the molecule is CCC(C)NC(=O)c1sc2nc(-c3ccc(Cl)cc3)ccc2c1N. The van der Waals surface area contributed by atoms with Crippen LogP contribution in [0.5, 0.6) is 0 Å². The summed E-state index contributed by atoms with van der Waals surface area (Å²) in [5, 5.41) is 4.45. The van der Waals surface area contributed by atoms with Gasteiger partial charge >= 0.3 is 0 Å². The van der Waals surface area contributed by atoms with Crippen LogP contribution in [0.15, 0.2) is 36.4 Å². The maximum atomic E-state index is 12.4. The molecule has 0 fully saturated rings. The minimum Gasteiger partial charge on any atom is -0.397 e. The van der Waals surface area contributed by atoms with Crippen molar-refractivity contribution in [2.75, 3.05) is 5.73 Å². The molecule has 2 heterocycles. The van der Waals surface area contributed by atoms with Crippen LogP contribution in [0.3, 0.4) is 0 Å². The fourth-order valence-electron chi connectivity index (χ4n) is 2.34. The number of hydrogen-bond donors (Lipinski definition) is 2. The second-order valence-electron chi connectivity index (χ2n) is 5.68. The number of halogens is 1. The highest BCUT2D eigenvalue weighted by Gasteiger charge is 2.18. The predicted molar refractivity (Wildman–Crippen MR) is 102 cm³/mol. The molecule has 6 heteroatoms. The van der Waals surface area contributed by atoms with Gasteiger partial charge in [-0.15, -0.1) is 11.3 Å². The van der Waals surface area contributed by atoms with Crippen molar-refractivity contribution in [2.45, 2.75) is 26.3 Å². The first-order chi connectivity index (χ1) is 11.5. The van der Waals surface area contributed by atoms with Gasteiger partial charge in [0.1, 0.15) is 9.71 Å². The monoisotopic (exact) mass is 359 g/mol. The van der Waals surface area contributed by atoms with E-state index >= 15 is 0 Å². The van der Waals surface area contributed by atoms with Crippen LogP contribution in [0.2, 0.25) is 5.02 Å². The van der Waals surface area contributed by atoms with Gasteiger partial charge in [-0.3, -0.25) is 4.79 Å². The fraction of sp³-hybridized carbons (Fsp3) is 0.222. The van der Waals surface area contributed by atoms with Gasteiger partial charge < -0.3 is 11.1 Å². The van der Waals surface area contributed by atoms with E-state index in [0.717, 1.165) is 27.9 Å². The number of carbonyl (C=O) groups excluding carboxylic acids is 1. The van der Waals surface area contributed by atoms with Gasteiger partial charge in [0, 0.05) is 22.0 Å². The molecule has 0 saturated carbocycles. The lowest BCUT2D eigenvalue weighted by atomic mass is 10.1. The maximum Gasteiger partial charge on any atom is 0.263 e. The van der Waals surface area contributed by atoms with E-state index in [-0.39, 0.29) is 11.9 Å². The van der Waals surface area contributed by atoms with Crippen LogP contribution in [0.4, 0.5) is 5.69 Å². The summed E-state index contributed by atoms with van der Waals surface area (Å²) in [6.07, 6.45) is 0.871. The highest BCUT2D eigenvalue weighted by atomic mass is 35.5. The lowest BCUT2D eigenvalue weighted by molar-refractivity contribution is 0.0944. The van der Waals surface area contributed by atoms with Crippen LogP contribution in [0.1, 0.15) is 29.9 Å². The normalized spacial score (nSPS) is 12.3. The molecule has 0 saturated heterocycles. The summed E-state index contributed by atoms with van der Waals surface area (Å²) in [4.78, 5) is 18.3. The number of carbonyl (C=O) groups is 1. The predicted octanol–water partition coefficient (Wildman–Crippen LogP) is 4.73. The van der Waals surface area contributed by atoms with E-state index in [2.05, 4.69) is 10.3 Å². The van der Waals surface area contributed by atoms with Crippen molar-refractivity contribution in [1.82, 2.24) is 10.3 Å². The van der Waals surface area contributed by atoms with E-state index < -0.39 is 0 Å². The minimum absolute atomic E-state index is 0.111. The van der Waals surface area contributed by atoms with Crippen molar-refractivity contribution in [3.8, 4) is 11.3 Å². The number of amides is 1. The second-order valence-corrected chi connectivity index (χ2v) is 7.12. The first kappa shape index (κ1) is 16.7. The first-order valence-corrected chi connectivity index (χ1v) is 8.95. The Morgan fingerprint density at radius 2 is 2.00 bits per heavy atom. The number of nitrogens with one attached hydrogen (secondary N) is 1. The maximum absolute atomic E-state index is 12.4. The summed E-state index contributed by atoms with van der Waals surface area (Å²) in [6.45, 7) is 4.00. The highest BCUT2D eigenvalue weighted by molar-refractivity contribution is 7.21. The Balaban J connectivity index is 1.99. The molecule has 4 nitrogen and oxygen atoms in total. The van der Waals surface area contributed by atoms with Gasteiger partial charge in [-0.2, -0.15) is 0 Å². The topological polar surface area (TPSA) is 68.0 Å². The molecular formula is C18H18ClN3OS. The Bertz CT molecular complexity index is 889. The number of rotatable bonds is 4. The number of nitrogens with zero attached hydrogens (tertiary/aromatic N) is 1. The molecule has 3 aromatic rings. The minimum atomic E-state index is -0.141. The van der Waals surface area contributed by atoms with Crippen molar-refractivity contribution in [1.29, 1.82) is 0 Å². The van der Waals surface area contributed by atoms with Gasteiger partial charge in [0.2, 0.25) is 0 Å². The van der Waals surface area contributed by atoms with Crippen LogP contribution >= 0.6 is 22.9 Å². The number of fused-ring (bicyclic) bond motifs is 1. The van der Waals surface area contributed by atoms with Crippen LogP contribution in [-0.2, 0) is 0 Å². The fourth-order valence-corrected chi connectivity index (χ4v) is 3.46. The Kier molecular flexibility index (Phi) is 4.73. The van der Waals surface area contributed by atoms with Crippen molar-refractivity contribution >= 4 is 44.7 Å². The molecule has 3 N–H and O–H groups in total. The van der Waals surface area contributed by atoms with Crippen molar-refractivity contribution in [3.05, 3.63) is 46.3 Å². The molecule has 3 rings (SSSR count). The summed E-state index contributed by atoms with van der Waals surface area (Å²) >= 11 is 7.25. The van der Waals surface area contributed by atoms with Gasteiger partial charge in [0.15, 0.2) is 0 Å². The zero-order valence-electron chi connectivity index (χ0n) is 13.5. The van der Waals surface area contributed by atoms with E-state index in [1.807, 2.05) is 50.2 Å². The summed E-state index contributed by atoms with van der Waals surface area (Å²) in [6, 6.07) is 11.4. The van der Waals surface area contributed by atoms with Crippen molar-refractivity contribution in [2.24, 2.45) is 0 Å². The first-order valence-electron chi connectivity index (χ1n) is 7.75. The molecule has 1 amide bonds. The third kappa shape index (κ3) is 3.23. The quantitative estimate of drug-likeness (QED) is 0.707. The molecule has 1 aromatic carbocycles. The number of pyridine rings is 1. The number of nitrogens with two attached hydrogens (primary N) is 1. The molecule has 0 radical (unpaired) electrons. The van der Waals surface area contributed by atoms with Crippen molar-refractivity contribution < 1.29 is 4.79 Å². The molecule has 0 aliphatic rings. The van der Waals surface area contributed by atoms with Crippen LogP contribution in [0.25, 0.3) is 21.5 Å². The Morgan fingerprint density at radius 1 is 1.29 bits per heavy atom. The Labute approximate surface area is 149 Å². The van der Waals surface area contributed by atoms with E-state index in [1.165, 1.54) is 11.3 Å². The number of hydrogen-bond acceptors (Lipinski definition) is 4. The molecule has 1 atom stereocenters. The van der Waals surface area contributed by atoms with E-state index in [1.54, 1.807) is 0 Å². The van der Waals surface area contributed by atoms with Gasteiger partial charge in [-0.05, 0) is 37.6 Å². The number of nitrogen functional groups attached to an aromatic ring is 1. The molecular weight excluding hydrogens is 342 g/mol. The molecule has 0 spiro atoms. The average molecular weight is 360 g/mol. The third-order valence-electron chi connectivity index (χ3n) is 3.93. The molecule has 24 heavy (non-hydrogen) atoms. The number of aromatic nitrogens is 1. The lowest BCUT2D eigenvalue weighted by Crippen LogP contribution is -2.31. The zero-order chi connectivity index (χ0) is 17.3. The van der Waals surface area contributed by atoms with E-state index in [0.29, 0.717) is 15.6 Å². The average Bonchev–Trinajstić information content (AvgIpc) is 2.92. The van der Waals surface area contributed by atoms with E-state index in [4.69, 9.17) is 17.3 Å². The summed E-state index contributed by atoms with van der Waals surface area (Å²) in [7, 11) is 0. The summed E-state index contributed by atoms with van der Waals surface area (Å²) in [5.41, 5.74) is 8.45. The van der Waals surface area contributed by atoms with Crippen molar-refractivity contribution in [3.63, 3.8) is 0 Å². The van der Waals surface area contributed by atoms with Gasteiger partial charge in [0.25, 0.3) is 5.91 Å². The smallest absolute Gasteiger partial charge is 0.263 e. The molecule has 1 unspecified atom stereocenters. The molecule has 124 valence electrons. The number of anilines is 1. The van der Waals surface area contributed by atoms with Crippen LogP contribution < -0.4 is 11.1 Å². The molecule has 0 aliphatic heterocycles. The van der Waals surface area contributed by atoms with E-state index in [9.17, 15) is 4.79 Å². The lowest BCUT2D eigenvalue weighted by Gasteiger charge is -2.10. The molecule has 0 bridgehead atoms. The number of benzene rings is 1. The largest absolute Gasteiger partial charge is 0.397 e. The molecule has 2 aromatic heterocycles. The van der Waals surface area contributed by atoms with Crippen LogP contribution in [0, 0.1) is 0 Å². The second kappa shape index (κ2) is 6.79. The van der Waals surface area contributed by atoms with Gasteiger partial charge in [0.05, 0.1) is 11.4 Å². The number of thiophene rings is 1. The van der Waals surface area contributed by atoms with Gasteiger partial charge in [-0.1, -0.05) is 30.7 Å². The van der Waals surface area contributed by atoms with Crippen LogP contribution in [-0.4, -0.2) is 16.9 Å². The Morgan fingerprint density at radius 3 is 2.67 bits per heavy atom. The third-order valence-corrected chi connectivity index (χ3v) is 5.30. The zero-order valence-corrected chi connectivity index (χ0v) is 15.0.